The number of anilines is 1. The van der Waals surface area contributed by atoms with E-state index in [9.17, 15) is 8.42 Å². The SMILES string of the molecule is Cc1ccc(S(=O)(=O)Nc2cccc(-n3nccn3)c2)cc1. The van der Waals surface area contributed by atoms with E-state index in [4.69, 9.17) is 0 Å². The third kappa shape index (κ3) is 2.99. The van der Waals surface area contributed by atoms with Crippen molar-refractivity contribution >= 4 is 15.7 Å². The maximum Gasteiger partial charge on any atom is 0.261 e. The van der Waals surface area contributed by atoms with E-state index < -0.39 is 10.0 Å². The van der Waals surface area contributed by atoms with Crippen LogP contribution < -0.4 is 4.72 Å². The number of nitrogens with zero attached hydrogens (tertiary/aromatic N) is 3. The summed E-state index contributed by atoms with van der Waals surface area (Å²) >= 11 is 0. The average molecular weight is 314 g/mol. The standard InChI is InChI=1S/C15H14N4O2S/c1-12-5-7-15(8-6-12)22(20,21)18-13-3-2-4-14(11-13)19-16-9-10-17-19/h2-11,18H,1H3. The van der Waals surface area contributed by atoms with E-state index in [0.717, 1.165) is 5.56 Å². The maximum atomic E-state index is 12.4. The van der Waals surface area contributed by atoms with Crippen LogP contribution in [0.5, 0.6) is 0 Å². The summed E-state index contributed by atoms with van der Waals surface area (Å²) in [4.78, 5) is 1.64. The van der Waals surface area contributed by atoms with E-state index in [1.54, 1.807) is 60.9 Å². The van der Waals surface area contributed by atoms with E-state index in [1.807, 2.05) is 6.92 Å². The molecule has 0 spiro atoms. The Balaban J connectivity index is 1.89. The number of sulfonamides is 1. The molecule has 0 bridgehead atoms. The Bertz CT molecular complexity index is 872. The van der Waals surface area contributed by atoms with Crippen LogP contribution >= 0.6 is 0 Å². The van der Waals surface area contributed by atoms with Crippen LogP contribution in [0.25, 0.3) is 5.69 Å². The summed E-state index contributed by atoms with van der Waals surface area (Å²) in [5, 5.41) is 8.04. The number of rotatable bonds is 4. The fraction of sp³-hybridized carbons (Fsp3) is 0.0667. The van der Waals surface area contributed by atoms with Crippen LogP contribution in [0.15, 0.2) is 65.8 Å². The first-order valence-electron chi connectivity index (χ1n) is 6.61. The van der Waals surface area contributed by atoms with Gasteiger partial charge in [0.15, 0.2) is 0 Å². The number of hydrogen-bond acceptors (Lipinski definition) is 4. The lowest BCUT2D eigenvalue weighted by Gasteiger charge is -2.09. The molecule has 3 aromatic rings. The Morgan fingerprint density at radius 3 is 2.36 bits per heavy atom. The second-order valence-electron chi connectivity index (χ2n) is 4.79. The minimum absolute atomic E-state index is 0.223. The summed E-state index contributed by atoms with van der Waals surface area (Å²) in [6.45, 7) is 1.91. The molecule has 22 heavy (non-hydrogen) atoms. The summed E-state index contributed by atoms with van der Waals surface area (Å²) in [5.41, 5.74) is 2.13. The van der Waals surface area contributed by atoms with Crippen LogP contribution in [-0.2, 0) is 10.0 Å². The molecule has 1 aromatic heterocycles. The van der Waals surface area contributed by atoms with Gasteiger partial charge in [0.05, 0.1) is 28.7 Å². The first kappa shape index (κ1) is 14.3. The van der Waals surface area contributed by atoms with Gasteiger partial charge in [0, 0.05) is 0 Å². The van der Waals surface area contributed by atoms with Crippen LogP contribution in [-0.4, -0.2) is 23.4 Å². The normalized spacial score (nSPS) is 11.3. The molecular weight excluding hydrogens is 300 g/mol. The lowest BCUT2D eigenvalue weighted by atomic mass is 10.2. The highest BCUT2D eigenvalue weighted by atomic mass is 32.2. The van der Waals surface area contributed by atoms with E-state index >= 15 is 0 Å². The fourth-order valence-corrected chi connectivity index (χ4v) is 3.02. The van der Waals surface area contributed by atoms with E-state index in [0.29, 0.717) is 11.4 Å². The van der Waals surface area contributed by atoms with Crippen LogP contribution in [0.4, 0.5) is 5.69 Å². The zero-order chi connectivity index (χ0) is 15.6. The lowest BCUT2D eigenvalue weighted by Crippen LogP contribution is -2.13. The third-order valence-electron chi connectivity index (χ3n) is 3.08. The summed E-state index contributed by atoms with van der Waals surface area (Å²) in [5.74, 6) is 0. The van der Waals surface area contributed by atoms with Crippen LogP contribution in [0.3, 0.4) is 0 Å². The van der Waals surface area contributed by atoms with Crippen molar-refractivity contribution in [2.75, 3.05) is 4.72 Å². The molecule has 0 fully saturated rings. The van der Waals surface area contributed by atoms with Gasteiger partial charge in [0.25, 0.3) is 10.0 Å². The highest BCUT2D eigenvalue weighted by Gasteiger charge is 2.14. The van der Waals surface area contributed by atoms with Crippen molar-refractivity contribution in [3.8, 4) is 5.69 Å². The molecule has 0 radical (unpaired) electrons. The second-order valence-corrected chi connectivity index (χ2v) is 6.47. The molecule has 112 valence electrons. The number of nitrogens with one attached hydrogen (secondary N) is 1. The number of aryl methyl sites for hydroxylation is 1. The Kier molecular flexibility index (Phi) is 3.64. The quantitative estimate of drug-likeness (QED) is 0.802. The first-order valence-corrected chi connectivity index (χ1v) is 8.09. The van der Waals surface area contributed by atoms with Crippen LogP contribution in [0.1, 0.15) is 5.56 Å². The fourth-order valence-electron chi connectivity index (χ4n) is 1.97. The van der Waals surface area contributed by atoms with Gasteiger partial charge in [-0.1, -0.05) is 23.8 Å². The van der Waals surface area contributed by atoms with Crippen molar-refractivity contribution in [3.05, 3.63) is 66.5 Å². The maximum absolute atomic E-state index is 12.4. The predicted molar refractivity (Wildman–Crippen MR) is 83.3 cm³/mol. The minimum Gasteiger partial charge on any atom is -0.280 e. The molecule has 0 saturated heterocycles. The molecule has 1 heterocycles. The molecule has 3 rings (SSSR count). The summed E-state index contributed by atoms with van der Waals surface area (Å²) < 4.78 is 27.3. The highest BCUT2D eigenvalue weighted by molar-refractivity contribution is 7.92. The predicted octanol–water partition coefficient (Wildman–Crippen LogP) is 2.38. The van der Waals surface area contributed by atoms with E-state index in [2.05, 4.69) is 14.9 Å². The van der Waals surface area contributed by atoms with E-state index in [-0.39, 0.29) is 4.90 Å². The third-order valence-corrected chi connectivity index (χ3v) is 4.48. The van der Waals surface area contributed by atoms with Gasteiger partial charge in [0.1, 0.15) is 0 Å². The van der Waals surface area contributed by atoms with Gasteiger partial charge >= 0.3 is 0 Å². The Morgan fingerprint density at radius 1 is 1.00 bits per heavy atom. The van der Waals surface area contributed by atoms with Gasteiger partial charge in [-0.3, -0.25) is 4.72 Å². The zero-order valence-electron chi connectivity index (χ0n) is 11.8. The summed E-state index contributed by atoms with van der Waals surface area (Å²) in [6, 6.07) is 13.6. The van der Waals surface area contributed by atoms with Gasteiger partial charge in [-0.25, -0.2) is 8.42 Å². The van der Waals surface area contributed by atoms with Gasteiger partial charge in [-0.15, -0.1) is 0 Å². The first-order chi connectivity index (χ1) is 10.5. The average Bonchev–Trinajstić information content (AvgIpc) is 3.02. The molecule has 0 atom stereocenters. The summed E-state index contributed by atoms with van der Waals surface area (Å²) in [6.07, 6.45) is 3.12. The van der Waals surface area contributed by atoms with Gasteiger partial charge in [0.2, 0.25) is 0 Å². The molecule has 6 nitrogen and oxygen atoms in total. The number of benzene rings is 2. The molecule has 0 saturated carbocycles. The van der Waals surface area contributed by atoms with Crippen molar-refractivity contribution in [3.63, 3.8) is 0 Å². The molecular formula is C15H14N4O2S. The highest BCUT2D eigenvalue weighted by Crippen LogP contribution is 2.18. The van der Waals surface area contributed by atoms with Crippen molar-refractivity contribution in [1.29, 1.82) is 0 Å². The van der Waals surface area contributed by atoms with Crippen molar-refractivity contribution < 1.29 is 8.42 Å². The van der Waals surface area contributed by atoms with Crippen molar-refractivity contribution in [2.24, 2.45) is 0 Å². The molecule has 0 aliphatic heterocycles. The van der Waals surface area contributed by atoms with Crippen molar-refractivity contribution in [2.45, 2.75) is 11.8 Å². The largest absolute Gasteiger partial charge is 0.280 e. The smallest absolute Gasteiger partial charge is 0.261 e. The number of hydrogen-bond donors (Lipinski definition) is 1. The van der Waals surface area contributed by atoms with Gasteiger partial charge in [-0.05, 0) is 37.3 Å². The van der Waals surface area contributed by atoms with E-state index in [1.165, 1.54) is 4.80 Å². The van der Waals surface area contributed by atoms with Gasteiger partial charge in [-0.2, -0.15) is 15.0 Å². The van der Waals surface area contributed by atoms with Crippen LogP contribution in [0.2, 0.25) is 0 Å². The van der Waals surface area contributed by atoms with Crippen molar-refractivity contribution in [1.82, 2.24) is 15.0 Å². The molecule has 0 aliphatic carbocycles. The number of aromatic nitrogens is 3. The monoisotopic (exact) mass is 314 g/mol. The molecule has 7 heteroatoms. The topological polar surface area (TPSA) is 76.9 Å². The molecule has 2 aromatic carbocycles. The molecule has 1 N–H and O–H groups in total. The zero-order valence-corrected chi connectivity index (χ0v) is 12.7. The Hall–Kier alpha value is -2.67. The molecule has 0 amide bonds. The Morgan fingerprint density at radius 2 is 1.68 bits per heavy atom. The summed E-state index contributed by atoms with van der Waals surface area (Å²) in [7, 11) is -3.62. The lowest BCUT2D eigenvalue weighted by molar-refractivity contribution is 0.601. The van der Waals surface area contributed by atoms with Gasteiger partial charge < -0.3 is 0 Å². The second kappa shape index (κ2) is 5.61. The molecule has 0 aliphatic rings. The molecule has 0 unspecified atom stereocenters. The van der Waals surface area contributed by atoms with Crippen LogP contribution in [0, 0.1) is 6.92 Å². The minimum atomic E-state index is -3.62. The Labute approximate surface area is 128 Å².